The molecule has 1 aliphatic carbocycles. The highest BCUT2D eigenvalue weighted by atomic mass is 16.5. The summed E-state index contributed by atoms with van der Waals surface area (Å²) in [6.45, 7) is 13.6. The van der Waals surface area contributed by atoms with Crippen LogP contribution in [-0.4, -0.2) is 45.9 Å². The van der Waals surface area contributed by atoms with E-state index in [-0.39, 0.29) is 42.6 Å². The molecule has 8 heteroatoms. The van der Waals surface area contributed by atoms with E-state index in [0.29, 0.717) is 12.0 Å². The van der Waals surface area contributed by atoms with E-state index in [1.807, 2.05) is 6.92 Å². The number of aliphatic imine (C=N–C) groups is 2. The third-order valence-corrected chi connectivity index (χ3v) is 10.5. The molecule has 5 heterocycles. The number of Topliss-reactive ketones (excluding diaryl/α,β-unsaturated/α-hetero) is 1. The Hall–Kier alpha value is -3.78. The number of aromatic nitrogens is 1. The monoisotopic (exact) mass is 624 g/mol. The zero-order chi connectivity index (χ0) is 32.7. The van der Waals surface area contributed by atoms with Crippen molar-refractivity contribution < 1.29 is 19.4 Å². The smallest absolute Gasteiger partial charge is 0.303 e. The Labute approximate surface area is 272 Å². The van der Waals surface area contributed by atoms with Gasteiger partial charge in [-0.25, -0.2) is 4.99 Å². The van der Waals surface area contributed by atoms with Gasteiger partial charge in [-0.1, -0.05) is 40.0 Å². The van der Waals surface area contributed by atoms with Crippen LogP contribution in [0.2, 0.25) is 0 Å². The summed E-state index contributed by atoms with van der Waals surface area (Å²) in [5.74, 6) is -0.883. The van der Waals surface area contributed by atoms with Crippen molar-refractivity contribution in [1.82, 2.24) is 10.3 Å². The SMILES string of the molecule is CCCCCCOC(C)c1cc2[nH]c1CC1N/C(=C\C3=NC4=C(CC(=O)C4=C3C)C3=N/C(=C\2)C(C)[C@@H]3CCC(=O)O)C(CC)=C1C. The number of rotatable bonds is 11. The molecule has 46 heavy (non-hydrogen) atoms. The molecule has 0 saturated heterocycles. The van der Waals surface area contributed by atoms with Gasteiger partial charge in [0.1, 0.15) is 0 Å². The fourth-order valence-corrected chi connectivity index (χ4v) is 7.83. The number of carboxylic acids is 1. The first-order valence-corrected chi connectivity index (χ1v) is 17.2. The molecule has 244 valence electrons. The Bertz CT molecular complexity index is 1680. The fraction of sp³-hybridized carbons (Fsp3) is 0.526. The lowest BCUT2D eigenvalue weighted by Gasteiger charge is -2.18. The minimum Gasteiger partial charge on any atom is -0.481 e. The van der Waals surface area contributed by atoms with E-state index in [9.17, 15) is 14.7 Å². The molecule has 0 fully saturated rings. The van der Waals surface area contributed by atoms with Crippen LogP contribution in [0, 0.1) is 11.8 Å². The number of ketones is 1. The minimum atomic E-state index is -0.827. The van der Waals surface area contributed by atoms with Crippen molar-refractivity contribution in [2.45, 2.75) is 111 Å². The number of ether oxygens (including phenoxy) is 1. The van der Waals surface area contributed by atoms with Crippen LogP contribution >= 0.6 is 0 Å². The number of nitrogens with zero attached hydrogens (tertiary/aromatic N) is 2. The summed E-state index contributed by atoms with van der Waals surface area (Å²) >= 11 is 0. The molecule has 6 rings (SSSR count). The average molecular weight is 625 g/mol. The first-order valence-electron chi connectivity index (χ1n) is 17.2. The number of fused-ring (bicyclic) bond motifs is 6. The molecule has 0 spiro atoms. The van der Waals surface area contributed by atoms with Gasteiger partial charge in [0.05, 0.1) is 29.3 Å². The van der Waals surface area contributed by atoms with Gasteiger partial charge in [-0.3, -0.25) is 14.6 Å². The highest BCUT2D eigenvalue weighted by Gasteiger charge is 2.42. The van der Waals surface area contributed by atoms with Crippen LogP contribution in [0.1, 0.15) is 116 Å². The number of nitrogens with one attached hydrogen (secondary N) is 2. The molecule has 8 bridgehead atoms. The molecule has 0 radical (unpaired) electrons. The molecule has 0 amide bonds. The lowest BCUT2D eigenvalue weighted by molar-refractivity contribution is -0.137. The number of carboxylic acid groups (broad SMARTS) is 1. The second-order valence-corrected chi connectivity index (χ2v) is 13.5. The Morgan fingerprint density at radius 3 is 2.70 bits per heavy atom. The molecule has 5 aliphatic rings. The van der Waals surface area contributed by atoms with E-state index in [1.165, 1.54) is 30.4 Å². The van der Waals surface area contributed by atoms with Gasteiger partial charge in [0.25, 0.3) is 0 Å². The number of unbranched alkanes of at least 4 members (excludes halogenated alkanes) is 3. The van der Waals surface area contributed by atoms with Crippen molar-refractivity contribution in [1.29, 1.82) is 0 Å². The highest BCUT2D eigenvalue weighted by molar-refractivity contribution is 6.25. The second-order valence-electron chi connectivity index (χ2n) is 13.5. The lowest BCUT2D eigenvalue weighted by Crippen LogP contribution is -2.27. The summed E-state index contributed by atoms with van der Waals surface area (Å²) in [7, 11) is 0. The van der Waals surface area contributed by atoms with Crippen LogP contribution in [0.4, 0.5) is 0 Å². The minimum absolute atomic E-state index is 0.00765. The van der Waals surface area contributed by atoms with Gasteiger partial charge in [-0.2, -0.15) is 0 Å². The Morgan fingerprint density at radius 1 is 1.15 bits per heavy atom. The summed E-state index contributed by atoms with van der Waals surface area (Å²) in [6.07, 6.45) is 11.2. The molecule has 0 saturated carbocycles. The van der Waals surface area contributed by atoms with Gasteiger partial charge in [-0.05, 0) is 75.0 Å². The van der Waals surface area contributed by atoms with Crippen molar-refractivity contribution >= 4 is 29.3 Å². The molecule has 3 unspecified atom stereocenters. The van der Waals surface area contributed by atoms with Crippen molar-refractivity contribution in [3.63, 3.8) is 0 Å². The van der Waals surface area contributed by atoms with E-state index >= 15 is 0 Å². The molecule has 4 aliphatic heterocycles. The van der Waals surface area contributed by atoms with Crippen molar-refractivity contribution in [2.24, 2.45) is 21.8 Å². The number of hydrogen-bond acceptors (Lipinski definition) is 6. The van der Waals surface area contributed by atoms with Crippen LogP contribution < -0.4 is 5.32 Å². The standard InChI is InChI=1S/C38H48N4O4/c1-7-9-10-11-14-46-23(6)27-15-24-16-29-21(4)26(12-13-35(44)45)37(41-29)28-17-34(43)36-22(5)31(42-38(28)36)19-32-25(8-2)20(3)30(40-32)18-33(27)39-24/h15-16,19,21,23,26,30,39-40H,7-14,17-18H2,1-6H3,(H,44,45)/b29-16-,32-19-/t21?,23?,26-,30?/m0/s1. The number of carbonyl (C=O) groups is 2. The zero-order valence-corrected chi connectivity index (χ0v) is 28.2. The maximum Gasteiger partial charge on any atom is 0.303 e. The van der Waals surface area contributed by atoms with E-state index < -0.39 is 5.97 Å². The summed E-state index contributed by atoms with van der Waals surface area (Å²) in [6, 6.07) is 2.32. The topological polar surface area (TPSA) is 116 Å². The van der Waals surface area contributed by atoms with Gasteiger partial charge >= 0.3 is 5.97 Å². The summed E-state index contributed by atoms with van der Waals surface area (Å²) in [5, 5.41) is 13.4. The zero-order valence-electron chi connectivity index (χ0n) is 28.2. The predicted octanol–water partition coefficient (Wildman–Crippen LogP) is 7.72. The Morgan fingerprint density at radius 2 is 1.96 bits per heavy atom. The Balaban J connectivity index is 1.48. The lowest BCUT2D eigenvalue weighted by atomic mass is 9.83. The maximum atomic E-state index is 13.5. The van der Waals surface area contributed by atoms with Gasteiger partial charge < -0.3 is 20.1 Å². The molecule has 1 aromatic rings. The number of carbonyl (C=O) groups excluding carboxylic acids is 1. The van der Waals surface area contributed by atoms with Gasteiger partial charge in [0.2, 0.25) is 0 Å². The normalized spacial score (nSPS) is 26.7. The molecule has 3 N–H and O–H groups in total. The molecule has 4 atom stereocenters. The van der Waals surface area contributed by atoms with Crippen LogP contribution in [0.25, 0.3) is 6.08 Å². The van der Waals surface area contributed by atoms with Crippen LogP contribution in [-0.2, 0) is 20.7 Å². The third-order valence-electron chi connectivity index (χ3n) is 10.5. The van der Waals surface area contributed by atoms with E-state index in [2.05, 4.69) is 63.1 Å². The summed E-state index contributed by atoms with van der Waals surface area (Å²) in [5.41, 5.74) is 12.6. The van der Waals surface area contributed by atoms with Gasteiger partial charge in [-0.15, -0.1) is 0 Å². The molecular formula is C38H48N4O4. The predicted molar refractivity (Wildman–Crippen MR) is 183 cm³/mol. The maximum absolute atomic E-state index is 13.5. The second kappa shape index (κ2) is 13.1. The highest BCUT2D eigenvalue weighted by Crippen LogP contribution is 2.45. The van der Waals surface area contributed by atoms with Crippen LogP contribution in [0.3, 0.4) is 0 Å². The van der Waals surface area contributed by atoms with E-state index in [0.717, 1.165) is 82.5 Å². The average Bonchev–Trinajstić information content (AvgIpc) is 3.79. The van der Waals surface area contributed by atoms with Crippen molar-refractivity contribution in [2.75, 3.05) is 6.61 Å². The van der Waals surface area contributed by atoms with Gasteiger partial charge in [0, 0.05) is 77.2 Å². The van der Waals surface area contributed by atoms with Crippen LogP contribution in [0.5, 0.6) is 0 Å². The van der Waals surface area contributed by atoms with Crippen molar-refractivity contribution in [3.8, 4) is 0 Å². The number of hydrogen-bond donors (Lipinski definition) is 3. The quantitative estimate of drug-likeness (QED) is 0.218. The third kappa shape index (κ3) is 5.92. The van der Waals surface area contributed by atoms with Crippen molar-refractivity contribution in [3.05, 3.63) is 74.1 Å². The first kappa shape index (κ1) is 32.2. The van der Waals surface area contributed by atoms with E-state index in [1.54, 1.807) is 0 Å². The van der Waals surface area contributed by atoms with Gasteiger partial charge in [0.15, 0.2) is 5.78 Å². The number of aromatic amines is 1. The summed E-state index contributed by atoms with van der Waals surface area (Å²) in [4.78, 5) is 39.1. The van der Waals surface area contributed by atoms with E-state index in [4.69, 9.17) is 14.7 Å². The first-order chi connectivity index (χ1) is 22.1. The molecule has 0 aromatic carbocycles. The molecule has 8 nitrogen and oxygen atoms in total. The fourth-order valence-electron chi connectivity index (χ4n) is 7.83. The number of allylic oxidation sites excluding steroid dienone is 6. The van der Waals surface area contributed by atoms with Crippen LogP contribution in [0.15, 0.2) is 67.1 Å². The molecular weight excluding hydrogens is 576 g/mol. The number of H-pyrrole nitrogens is 1. The largest absolute Gasteiger partial charge is 0.481 e. The molecule has 1 aromatic heterocycles. The number of aliphatic carboxylic acids is 1. The summed E-state index contributed by atoms with van der Waals surface area (Å²) < 4.78 is 6.39. The Kier molecular flexibility index (Phi) is 9.19.